The monoisotopic (exact) mass is 1180 g/mol. The fourth-order valence-corrected chi connectivity index (χ4v) is 6.67. The third-order valence-corrected chi connectivity index (χ3v) is 9.98. The topological polar surface area (TPSA) is 131 Å². The molecule has 0 aliphatic heterocycles. The summed E-state index contributed by atoms with van der Waals surface area (Å²) in [5, 5.41) is 25.2. The standard InChI is InChI=1S/7C9H13N2.BO3.4FH/c7*1-3-5-10-7-8-11(9-10)6-4-2;2-1(3)4;;;;/h7*3-4,7-9H,1-2,5-6H2;;4*1H/q7*+1;-3;;;;/p-4. The molecule has 7 aromatic rings. The molecule has 0 spiro atoms. The number of imidazole rings is 7. The molecule has 0 radical (unpaired) electrons. The molecular formula is C63H91BF4N14O3. The molecule has 462 valence electrons. The van der Waals surface area contributed by atoms with Crippen LogP contribution in [0.1, 0.15) is 0 Å². The fraction of sp³-hybridized carbons (Fsp3) is 0.222. The van der Waals surface area contributed by atoms with Gasteiger partial charge in [0.2, 0.25) is 44.3 Å². The van der Waals surface area contributed by atoms with Gasteiger partial charge >= 0.3 is 0 Å². The summed E-state index contributed by atoms with van der Waals surface area (Å²) in [5.74, 6) is 0. The zero-order valence-corrected chi connectivity index (χ0v) is 49.6. The van der Waals surface area contributed by atoms with Crippen LogP contribution in [0, 0.1) is 0 Å². The average molecular weight is 1180 g/mol. The third kappa shape index (κ3) is 42.9. The first-order chi connectivity index (χ1) is 39.3. The summed E-state index contributed by atoms with van der Waals surface area (Å²) >= 11 is 0. The molecule has 0 aromatic carbocycles. The molecule has 85 heavy (non-hydrogen) atoms. The van der Waals surface area contributed by atoms with Gasteiger partial charge in [-0.1, -0.05) is 177 Å². The molecule has 0 saturated heterocycles. The van der Waals surface area contributed by atoms with Crippen molar-refractivity contribution in [3.05, 3.63) is 308 Å². The molecular weight excluding hydrogens is 1090 g/mol. The maximum absolute atomic E-state index is 8.42. The summed E-state index contributed by atoms with van der Waals surface area (Å²) < 4.78 is 28.9. The first-order valence-electron chi connectivity index (χ1n) is 26.1. The van der Waals surface area contributed by atoms with Gasteiger partial charge in [0.1, 0.15) is 178 Å². The van der Waals surface area contributed by atoms with Crippen molar-refractivity contribution in [2.45, 2.75) is 91.6 Å². The van der Waals surface area contributed by atoms with E-state index in [4.69, 9.17) is 15.1 Å². The number of nitrogens with zero attached hydrogens (tertiary/aromatic N) is 14. The summed E-state index contributed by atoms with van der Waals surface area (Å²) in [7, 11) is -2.92. The van der Waals surface area contributed by atoms with E-state index in [9.17, 15) is 0 Å². The van der Waals surface area contributed by atoms with Gasteiger partial charge in [0.25, 0.3) is 0 Å². The van der Waals surface area contributed by atoms with Crippen molar-refractivity contribution in [2.24, 2.45) is 0 Å². The molecule has 0 aliphatic rings. The van der Waals surface area contributed by atoms with Gasteiger partial charge in [0.05, 0.1) is 0 Å². The minimum atomic E-state index is -2.92. The van der Waals surface area contributed by atoms with Gasteiger partial charge in [-0.25, -0.2) is 63.9 Å². The molecule has 0 bridgehead atoms. The van der Waals surface area contributed by atoms with Crippen molar-refractivity contribution in [1.29, 1.82) is 0 Å². The first-order valence-corrected chi connectivity index (χ1v) is 26.1. The molecule has 7 heterocycles. The van der Waals surface area contributed by atoms with E-state index in [1.807, 2.05) is 216 Å². The molecule has 7 rings (SSSR count). The summed E-state index contributed by atoms with van der Waals surface area (Å²) in [5.41, 5.74) is 0. The number of aromatic nitrogens is 14. The minimum Gasteiger partial charge on any atom is -1.00 e. The van der Waals surface area contributed by atoms with Crippen molar-refractivity contribution in [1.82, 2.24) is 32.0 Å². The normalized spacial score (nSPS) is 8.88. The van der Waals surface area contributed by atoms with Gasteiger partial charge in [-0.05, 0) is 0 Å². The molecule has 0 aliphatic carbocycles. The maximum atomic E-state index is 8.42. The Balaban J connectivity index is -0.000000287. The minimum absolute atomic E-state index is 0. The highest BCUT2D eigenvalue weighted by atomic mass is 19.0. The van der Waals surface area contributed by atoms with E-state index in [0.29, 0.717) is 0 Å². The molecule has 0 fully saturated rings. The van der Waals surface area contributed by atoms with Crippen LogP contribution in [0.3, 0.4) is 0 Å². The molecule has 0 unspecified atom stereocenters. The maximum Gasteiger partial charge on any atom is 0.244 e. The Labute approximate surface area is 503 Å². The highest BCUT2D eigenvalue weighted by molar-refractivity contribution is 6.24. The van der Waals surface area contributed by atoms with E-state index in [1.165, 1.54) is 0 Å². The Kier molecular flexibility index (Phi) is 55.9. The van der Waals surface area contributed by atoms with Crippen molar-refractivity contribution >= 4 is 7.32 Å². The lowest BCUT2D eigenvalue weighted by Crippen LogP contribution is -3.00. The smallest absolute Gasteiger partial charge is 0.244 e. The SMILES string of the molecule is C=CCn1cc[n+](CC=C)c1.C=CCn1cc[n+](CC=C)c1.C=CCn1cc[n+](CC=C)c1.C=CCn1cc[n+](CC=C)c1.C=CCn1cc[n+](CC=C)c1.C=CCn1cc[n+](CC=C)c1.C=CCn1cc[n+](CC=C)c1.[F-].[F-].[F-].[F-].[O-]B([O-])[O-]. The second-order valence-corrected chi connectivity index (χ2v) is 17.0. The van der Waals surface area contributed by atoms with Crippen LogP contribution in [0.5, 0.6) is 0 Å². The van der Waals surface area contributed by atoms with E-state index in [2.05, 4.69) is 156 Å². The van der Waals surface area contributed by atoms with Crippen LogP contribution in [0.2, 0.25) is 0 Å². The molecule has 22 heteroatoms. The lowest BCUT2D eigenvalue weighted by atomic mass is 10.3. The van der Waals surface area contributed by atoms with Gasteiger partial charge in [-0.3, -0.25) is 7.32 Å². The van der Waals surface area contributed by atoms with Crippen molar-refractivity contribution in [3.8, 4) is 0 Å². The molecule has 0 atom stereocenters. The summed E-state index contributed by atoms with van der Waals surface area (Å²) in [4.78, 5) is 0. The molecule has 7 aromatic heterocycles. The molecule has 17 nitrogen and oxygen atoms in total. The van der Waals surface area contributed by atoms with Crippen LogP contribution < -0.4 is 65.9 Å². The largest absolute Gasteiger partial charge is 1.00 e. The number of halogens is 4. The number of hydrogen-bond acceptors (Lipinski definition) is 3. The summed E-state index contributed by atoms with van der Waals surface area (Å²) in [6, 6.07) is 0. The van der Waals surface area contributed by atoms with E-state index >= 15 is 0 Å². The van der Waals surface area contributed by atoms with E-state index in [1.54, 1.807) is 0 Å². The van der Waals surface area contributed by atoms with E-state index in [-0.39, 0.29) is 18.8 Å². The van der Waals surface area contributed by atoms with Crippen LogP contribution in [-0.4, -0.2) is 39.3 Å². The van der Waals surface area contributed by atoms with Crippen LogP contribution in [0.15, 0.2) is 308 Å². The van der Waals surface area contributed by atoms with Crippen molar-refractivity contribution in [2.75, 3.05) is 0 Å². The summed E-state index contributed by atoms with van der Waals surface area (Å²) in [6.45, 7) is 63.4. The summed E-state index contributed by atoms with van der Waals surface area (Å²) in [6.07, 6.45) is 68.7. The number of rotatable bonds is 28. The molecule has 0 saturated carbocycles. The van der Waals surface area contributed by atoms with E-state index in [0.717, 1.165) is 91.6 Å². The predicted molar refractivity (Wildman–Crippen MR) is 321 cm³/mol. The quantitative estimate of drug-likeness (QED) is 0.0209. The van der Waals surface area contributed by atoms with Gasteiger partial charge in [-0.2, -0.15) is 0 Å². The number of hydrogen-bond donors (Lipinski definition) is 0. The fourth-order valence-electron chi connectivity index (χ4n) is 6.67. The Bertz CT molecular complexity index is 2200. The van der Waals surface area contributed by atoms with Crippen LogP contribution in [0.25, 0.3) is 0 Å². The van der Waals surface area contributed by atoms with Crippen molar-refractivity contribution in [3.63, 3.8) is 0 Å². The Morgan fingerprint density at radius 1 is 0.235 bits per heavy atom. The number of allylic oxidation sites excluding steroid dienone is 14. The second kappa shape index (κ2) is 56.4. The highest BCUT2D eigenvalue weighted by Gasteiger charge is 2.03. The van der Waals surface area contributed by atoms with Gasteiger partial charge in [0.15, 0.2) is 0 Å². The third-order valence-electron chi connectivity index (χ3n) is 9.98. The lowest BCUT2D eigenvalue weighted by molar-refractivity contribution is -0.686. The van der Waals surface area contributed by atoms with Gasteiger partial charge in [-0.15, -0.1) is 0 Å². The Morgan fingerprint density at radius 2 is 0.341 bits per heavy atom. The molecule has 0 N–H and O–H groups in total. The average Bonchev–Trinajstić information content (AvgIpc) is 4.37. The van der Waals surface area contributed by atoms with Crippen LogP contribution >= 0.6 is 0 Å². The zero-order valence-electron chi connectivity index (χ0n) is 49.6. The first kappa shape index (κ1) is 84.3. The van der Waals surface area contributed by atoms with Gasteiger partial charge in [0, 0.05) is 0 Å². The Morgan fingerprint density at radius 3 is 0.424 bits per heavy atom. The van der Waals surface area contributed by atoms with Crippen LogP contribution in [0.4, 0.5) is 0 Å². The van der Waals surface area contributed by atoms with Crippen molar-refractivity contribution < 1.29 is 65.9 Å². The zero-order chi connectivity index (χ0) is 60.3. The van der Waals surface area contributed by atoms with E-state index < -0.39 is 7.32 Å². The lowest BCUT2D eigenvalue weighted by Gasteiger charge is -2.35. The predicted octanol–water partition coefficient (Wildman–Crippen LogP) is -7.90. The highest BCUT2D eigenvalue weighted by Crippen LogP contribution is 1.89. The van der Waals surface area contributed by atoms with Crippen LogP contribution in [-0.2, 0) is 91.6 Å². The van der Waals surface area contributed by atoms with Gasteiger partial charge < -0.3 is 33.9 Å². The molecule has 0 amide bonds. The second-order valence-electron chi connectivity index (χ2n) is 17.0. The Hall–Kier alpha value is -9.51.